The lowest BCUT2D eigenvalue weighted by Gasteiger charge is -2.40. The van der Waals surface area contributed by atoms with Crippen LogP contribution in [0.2, 0.25) is 5.02 Å². The highest BCUT2D eigenvalue weighted by atomic mass is 35.5. The van der Waals surface area contributed by atoms with E-state index >= 15 is 0 Å². The van der Waals surface area contributed by atoms with E-state index in [0.29, 0.717) is 27.8 Å². The summed E-state index contributed by atoms with van der Waals surface area (Å²) < 4.78 is 14.1. The topological polar surface area (TPSA) is 59.1 Å². The number of aliphatic carboxylic acids is 1. The van der Waals surface area contributed by atoms with E-state index in [1.54, 1.807) is 23.1 Å². The number of hydrogen-bond acceptors (Lipinski definition) is 5. The van der Waals surface area contributed by atoms with Crippen LogP contribution in [-0.2, 0) is 4.79 Å². The molecule has 1 aliphatic heterocycles. The maximum Gasteiger partial charge on any atom is 0.323 e. The van der Waals surface area contributed by atoms with Gasteiger partial charge in [-0.05, 0) is 42.5 Å². The van der Waals surface area contributed by atoms with Crippen molar-refractivity contribution in [3.63, 3.8) is 0 Å². The Morgan fingerprint density at radius 1 is 1.10 bits per heavy atom. The van der Waals surface area contributed by atoms with Gasteiger partial charge in [0.2, 0.25) is 0 Å². The van der Waals surface area contributed by atoms with Gasteiger partial charge in [-0.2, -0.15) is 0 Å². The van der Waals surface area contributed by atoms with Gasteiger partial charge >= 0.3 is 5.97 Å². The Balaban J connectivity index is 1.88. The van der Waals surface area contributed by atoms with Crippen LogP contribution in [-0.4, -0.2) is 38.8 Å². The van der Waals surface area contributed by atoms with E-state index in [0.717, 1.165) is 17.1 Å². The minimum absolute atomic E-state index is 0.252. The van der Waals surface area contributed by atoms with Crippen LogP contribution in [0.15, 0.2) is 54.6 Å². The molecule has 0 aromatic heterocycles. The van der Waals surface area contributed by atoms with Gasteiger partial charge in [-0.3, -0.25) is 4.79 Å². The Bertz CT molecular complexity index is 1170. The first-order valence-corrected chi connectivity index (χ1v) is 10.0. The number of rotatable bonds is 5. The summed E-state index contributed by atoms with van der Waals surface area (Å²) in [7, 11) is 5.66. The molecule has 0 bridgehead atoms. The molecule has 0 amide bonds. The summed E-state index contributed by atoms with van der Waals surface area (Å²) in [5.74, 6) is -1.34. The van der Waals surface area contributed by atoms with Gasteiger partial charge in [0.1, 0.15) is 12.4 Å². The van der Waals surface area contributed by atoms with Crippen LogP contribution in [0.4, 0.5) is 44.2 Å². The number of fused-ring (bicyclic) bond motifs is 2. The van der Waals surface area contributed by atoms with Gasteiger partial charge in [0.25, 0.3) is 0 Å². The molecule has 2 N–H and O–H groups in total. The van der Waals surface area contributed by atoms with Crippen molar-refractivity contribution < 1.29 is 14.3 Å². The average molecular weight is 441 g/mol. The zero-order valence-corrected chi connectivity index (χ0v) is 18.1. The molecule has 31 heavy (non-hydrogen) atoms. The lowest BCUT2D eigenvalue weighted by Crippen LogP contribution is -2.33. The summed E-state index contributed by atoms with van der Waals surface area (Å²) in [6.07, 6.45) is 0. The summed E-state index contributed by atoms with van der Waals surface area (Å²) >= 11 is 6.50. The lowest BCUT2D eigenvalue weighted by molar-refractivity contribution is -0.135. The second-order valence-electron chi connectivity index (χ2n) is 7.51. The van der Waals surface area contributed by atoms with Crippen molar-refractivity contribution in [1.29, 1.82) is 0 Å². The molecule has 1 heterocycles. The largest absolute Gasteiger partial charge is 0.480 e. The summed E-state index contributed by atoms with van der Waals surface area (Å²) in [6.45, 7) is -0.252. The van der Waals surface area contributed by atoms with Gasteiger partial charge < -0.3 is 25.1 Å². The molecule has 3 aromatic carbocycles. The van der Waals surface area contributed by atoms with Crippen LogP contribution in [0, 0.1) is 5.82 Å². The standard InChI is InChI=1S/C23H22ClFN4O2/c1-27(2)22-15(24)9-11-19-23(22)29(13-21(30)31)20-12-14(8-10-18(20)28(19)3)26-17-7-5-4-6-16(17)25/h4-12,26H,13H2,1-3H3,(H,30,31). The van der Waals surface area contributed by atoms with Crippen LogP contribution in [0.3, 0.4) is 0 Å². The Kier molecular flexibility index (Phi) is 5.37. The minimum Gasteiger partial charge on any atom is -0.480 e. The molecule has 1 aliphatic rings. The van der Waals surface area contributed by atoms with E-state index < -0.39 is 5.97 Å². The molecular weight excluding hydrogens is 419 g/mol. The number of carboxylic acid groups (broad SMARTS) is 1. The summed E-state index contributed by atoms with van der Waals surface area (Å²) in [6, 6.07) is 15.6. The molecule has 8 heteroatoms. The Morgan fingerprint density at radius 3 is 2.48 bits per heavy atom. The molecule has 0 aliphatic carbocycles. The molecule has 0 atom stereocenters. The van der Waals surface area contributed by atoms with Crippen molar-refractivity contribution in [3.05, 3.63) is 65.4 Å². The molecular formula is C23H22ClFN4O2. The van der Waals surface area contributed by atoms with Gasteiger partial charge in [-0.25, -0.2) is 4.39 Å². The third kappa shape index (κ3) is 3.72. The first-order valence-electron chi connectivity index (χ1n) is 9.66. The van der Waals surface area contributed by atoms with Crippen molar-refractivity contribution in [1.82, 2.24) is 0 Å². The zero-order chi connectivity index (χ0) is 22.3. The van der Waals surface area contributed by atoms with Crippen LogP contribution in [0.25, 0.3) is 0 Å². The van der Waals surface area contributed by atoms with Crippen LogP contribution >= 0.6 is 11.6 Å². The number of carbonyl (C=O) groups is 1. The molecule has 0 radical (unpaired) electrons. The molecule has 0 saturated heterocycles. The number of anilines is 7. The molecule has 0 unspecified atom stereocenters. The van der Waals surface area contributed by atoms with Gasteiger partial charge in [-0.1, -0.05) is 23.7 Å². The lowest BCUT2D eigenvalue weighted by atomic mass is 10.0. The first-order chi connectivity index (χ1) is 14.8. The van der Waals surface area contributed by atoms with Crippen LogP contribution in [0.5, 0.6) is 0 Å². The number of benzene rings is 3. The number of nitrogens with one attached hydrogen (secondary N) is 1. The second-order valence-corrected chi connectivity index (χ2v) is 7.91. The first kappa shape index (κ1) is 20.8. The molecule has 0 saturated carbocycles. The fraction of sp³-hybridized carbons (Fsp3) is 0.174. The Morgan fingerprint density at radius 2 is 1.81 bits per heavy atom. The number of halogens is 2. The van der Waals surface area contributed by atoms with E-state index in [1.807, 2.05) is 61.3 Å². The van der Waals surface area contributed by atoms with Gasteiger partial charge in [0.05, 0.1) is 39.1 Å². The van der Waals surface area contributed by atoms with Crippen molar-refractivity contribution in [2.75, 3.05) is 47.7 Å². The number of hydrogen-bond donors (Lipinski definition) is 2. The summed E-state index contributed by atoms with van der Waals surface area (Å²) in [5, 5.41) is 13.3. The number of para-hydroxylation sites is 1. The van der Waals surface area contributed by atoms with Crippen molar-refractivity contribution in [2.24, 2.45) is 0 Å². The van der Waals surface area contributed by atoms with Crippen molar-refractivity contribution in [3.8, 4) is 0 Å². The van der Waals surface area contributed by atoms with Crippen molar-refractivity contribution >= 4 is 57.4 Å². The molecule has 0 spiro atoms. The van der Waals surface area contributed by atoms with Crippen LogP contribution in [0.1, 0.15) is 0 Å². The smallest absolute Gasteiger partial charge is 0.323 e. The maximum atomic E-state index is 14.1. The summed E-state index contributed by atoms with van der Waals surface area (Å²) in [5.41, 5.74) is 4.78. The van der Waals surface area contributed by atoms with Crippen molar-refractivity contribution in [2.45, 2.75) is 0 Å². The monoisotopic (exact) mass is 440 g/mol. The quantitative estimate of drug-likeness (QED) is 0.539. The van der Waals surface area contributed by atoms with Crippen LogP contribution < -0.4 is 20.0 Å². The Hall–Kier alpha value is -3.45. The fourth-order valence-electron chi connectivity index (χ4n) is 3.88. The van der Waals surface area contributed by atoms with Gasteiger partial charge in [-0.15, -0.1) is 0 Å². The molecule has 3 aromatic rings. The molecule has 0 fully saturated rings. The summed E-state index contributed by atoms with van der Waals surface area (Å²) in [4.78, 5) is 17.4. The van der Waals surface area contributed by atoms with E-state index in [4.69, 9.17) is 11.6 Å². The van der Waals surface area contributed by atoms with E-state index in [-0.39, 0.29) is 12.4 Å². The highest BCUT2D eigenvalue weighted by Gasteiger charge is 2.32. The molecule has 6 nitrogen and oxygen atoms in total. The third-order valence-electron chi connectivity index (χ3n) is 5.23. The van der Waals surface area contributed by atoms with Gasteiger partial charge in [0, 0.05) is 26.8 Å². The zero-order valence-electron chi connectivity index (χ0n) is 17.4. The minimum atomic E-state index is -0.974. The highest BCUT2D eigenvalue weighted by Crippen LogP contribution is 2.53. The van der Waals surface area contributed by atoms with E-state index in [2.05, 4.69) is 5.32 Å². The van der Waals surface area contributed by atoms with Gasteiger partial charge in [0.15, 0.2) is 0 Å². The molecule has 4 rings (SSSR count). The SMILES string of the molecule is CN(C)c1c(Cl)ccc2c1N(CC(=O)O)c1cc(Nc3ccccc3F)ccc1N2C. The number of nitrogens with zero attached hydrogens (tertiary/aromatic N) is 3. The fourth-order valence-corrected chi connectivity index (χ4v) is 4.20. The normalized spacial score (nSPS) is 12.3. The predicted molar refractivity (Wildman–Crippen MR) is 125 cm³/mol. The average Bonchev–Trinajstić information content (AvgIpc) is 2.72. The molecule has 160 valence electrons. The second kappa shape index (κ2) is 8.00. The predicted octanol–water partition coefficient (Wildman–Crippen LogP) is 5.59. The highest BCUT2D eigenvalue weighted by molar-refractivity contribution is 6.34. The number of carboxylic acids is 1. The third-order valence-corrected chi connectivity index (χ3v) is 5.54. The van der Waals surface area contributed by atoms with E-state index in [9.17, 15) is 14.3 Å². The Labute approximate surface area is 185 Å². The maximum absolute atomic E-state index is 14.1. The van der Waals surface area contributed by atoms with E-state index in [1.165, 1.54) is 6.07 Å².